The second-order valence-electron chi connectivity index (χ2n) is 6.66. The van der Waals surface area contributed by atoms with Gasteiger partial charge in [0.25, 0.3) is 0 Å². The van der Waals surface area contributed by atoms with Gasteiger partial charge in [0.2, 0.25) is 11.2 Å². The predicted molar refractivity (Wildman–Crippen MR) is 123 cm³/mol. The summed E-state index contributed by atoms with van der Waals surface area (Å²) in [6.07, 6.45) is 0. The van der Waals surface area contributed by atoms with E-state index in [1.807, 2.05) is 6.92 Å². The molecule has 0 radical (unpaired) electrons. The Balaban J connectivity index is 1.91. The van der Waals surface area contributed by atoms with Crippen molar-refractivity contribution in [3.05, 3.63) is 87.0 Å². The smallest absolute Gasteiger partial charge is 0.341 e. The number of fused-ring (bicyclic) bond motifs is 1. The van der Waals surface area contributed by atoms with Crippen molar-refractivity contribution in [3.8, 4) is 22.8 Å². The third-order valence-corrected chi connectivity index (χ3v) is 6.48. The molecule has 0 aliphatic heterocycles. The van der Waals surface area contributed by atoms with E-state index in [1.165, 1.54) is 18.2 Å². The Hall–Kier alpha value is -3.00. The van der Waals surface area contributed by atoms with Gasteiger partial charge in [-0.1, -0.05) is 35.3 Å². The van der Waals surface area contributed by atoms with Crippen LogP contribution in [0.3, 0.4) is 0 Å². The lowest BCUT2D eigenvalue weighted by Gasteiger charge is -2.13. The summed E-state index contributed by atoms with van der Waals surface area (Å²) < 4.78 is 42.7. The van der Waals surface area contributed by atoms with Gasteiger partial charge in [-0.05, 0) is 61.5 Å². The maximum Gasteiger partial charge on any atom is 0.341 e. The van der Waals surface area contributed by atoms with Crippen LogP contribution in [0.25, 0.3) is 22.3 Å². The number of para-hydroxylation sites is 1. The molecule has 9 heteroatoms. The second-order valence-corrected chi connectivity index (χ2v) is 9.01. The number of halogens is 2. The molecule has 164 valence electrons. The molecular weight excluding hydrogens is 475 g/mol. The van der Waals surface area contributed by atoms with Gasteiger partial charge in [-0.25, -0.2) is 0 Å². The van der Waals surface area contributed by atoms with Crippen LogP contribution in [0, 0.1) is 0 Å². The van der Waals surface area contributed by atoms with Crippen molar-refractivity contribution < 1.29 is 21.8 Å². The van der Waals surface area contributed by atoms with Crippen LogP contribution < -0.4 is 14.3 Å². The first-order valence-corrected chi connectivity index (χ1v) is 11.6. The van der Waals surface area contributed by atoms with Crippen molar-refractivity contribution in [1.29, 1.82) is 0 Å². The van der Waals surface area contributed by atoms with Gasteiger partial charge in [0, 0.05) is 10.6 Å². The van der Waals surface area contributed by atoms with Crippen LogP contribution in [0.1, 0.15) is 6.92 Å². The van der Waals surface area contributed by atoms with E-state index >= 15 is 0 Å². The van der Waals surface area contributed by atoms with E-state index in [-0.39, 0.29) is 31.7 Å². The first-order valence-electron chi connectivity index (χ1n) is 9.49. The summed E-state index contributed by atoms with van der Waals surface area (Å²) in [6.45, 7) is 2.34. The molecule has 0 fully saturated rings. The Kier molecular flexibility index (Phi) is 6.15. The highest BCUT2D eigenvalue weighted by Gasteiger charge is 2.27. The highest BCUT2D eigenvalue weighted by Crippen LogP contribution is 2.35. The molecule has 4 aromatic rings. The van der Waals surface area contributed by atoms with E-state index in [0.717, 1.165) is 6.07 Å². The Labute approximate surface area is 194 Å². The predicted octanol–water partition coefficient (Wildman–Crippen LogP) is 5.93. The number of rotatable bonds is 6. The monoisotopic (exact) mass is 490 g/mol. The molecular formula is C23H16Cl2O6S. The number of hydrogen-bond donors (Lipinski definition) is 0. The fourth-order valence-electron chi connectivity index (χ4n) is 3.08. The average molecular weight is 491 g/mol. The van der Waals surface area contributed by atoms with Gasteiger partial charge < -0.3 is 13.3 Å². The van der Waals surface area contributed by atoms with Gasteiger partial charge in [0.05, 0.1) is 17.0 Å². The minimum absolute atomic E-state index is 0.0431. The summed E-state index contributed by atoms with van der Waals surface area (Å²) in [5, 5.41) is 0.223. The number of hydrogen-bond acceptors (Lipinski definition) is 6. The standard InChI is InChI=1S/C23H16Cl2O6S/c1-2-29-16-10-7-14(8-11-16)22-23(21(26)17-5-3-4-6-19(17)30-22)31-32(27,28)20-13-15(24)9-12-18(20)25/h3-13H,2H2,1H3. The van der Waals surface area contributed by atoms with Gasteiger partial charge in [-0.2, -0.15) is 8.42 Å². The number of ether oxygens (including phenoxy) is 1. The van der Waals surface area contributed by atoms with E-state index in [1.54, 1.807) is 42.5 Å². The van der Waals surface area contributed by atoms with Crippen LogP contribution in [0.5, 0.6) is 11.5 Å². The Morgan fingerprint density at radius 3 is 2.41 bits per heavy atom. The second kappa shape index (κ2) is 8.86. The fourth-order valence-corrected chi connectivity index (χ4v) is 4.76. The molecule has 0 unspecified atom stereocenters. The van der Waals surface area contributed by atoms with E-state index in [2.05, 4.69) is 0 Å². The molecule has 0 aliphatic rings. The Bertz CT molecular complexity index is 1460. The molecule has 0 aliphatic carbocycles. The quantitative estimate of drug-likeness (QED) is 0.311. The highest BCUT2D eigenvalue weighted by atomic mass is 35.5. The van der Waals surface area contributed by atoms with Gasteiger partial charge >= 0.3 is 10.1 Å². The Morgan fingerprint density at radius 1 is 0.969 bits per heavy atom. The molecule has 6 nitrogen and oxygen atoms in total. The maximum absolute atomic E-state index is 13.2. The molecule has 4 rings (SSSR count). The summed E-state index contributed by atoms with van der Waals surface area (Å²) in [7, 11) is -4.51. The Morgan fingerprint density at radius 2 is 1.69 bits per heavy atom. The van der Waals surface area contributed by atoms with Crippen molar-refractivity contribution in [2.45, 2.75) is 11.8 Å². The van der Waals surface area contributed by atoms with E-state index in [0.29, 0.717) is 17.9 Å². The largest absolute Gasteiger partial charge is 0.494 e. The van der Waals surface area contributed by atoms with Crippen molar-refractivity contribution in [1.82, 2.24) is 0 Å². The van der Waals surface area contributed by atoms with E-state index in [9.17, 15) is 13.2 Å². The molecule has 0 saturated heterocycles. The average Bonchev–Trinajstić information content (AvgIpc) is 2.78. The van der Waals surface area contributed by atoms with Crippen molar-refractivity contribution in [2.24, 2.45) is 0 Å². The molecule has 1 heterocycles. The van der Waals surface area contributed by atoms with Crippen molar-refractivity contribution >= 4 is 44.3 Å². The SMILES string of the molecule is CCOc1ccc(-c2oc3ccccc3c(=O)c2OS(=O)(=O)c2cc(Cl)ccc2Cl)cc1. The molecule has 0 bridgehead atoms. The topological polar surface area (TPSA) is 82.8 Å². The summed E-state index contributed by atoms with van der Waals surface area (Å²) in [6, 6.07) is 17.1. The first kappa shape index (κ1) is 22.2. The first-order chi connectivity index (χ1) is 15.3. The van der Waals surface area contributed by atoms with Crippen molar-refractivity contribution in [3.63, 3.8) is 0 Å². The summed E-state index contributed by atoms with van der Waals surface area (Å²) >= 11 is 12.0. The molecule has 0 N–H and O–H groups in total. The summed E-state index contributed by atoms with van der Waals surface area (Å²) in [5.74, 6) is 0.0857. The molecule has 0 saturated carbocycles. The molecule has 0 atom stereocenters. The zero-order valence-electron chi connectivity index (χ0n) is 16.7. The molecule has 32 heavy (non-hydrogen) atoms. The third-order valence-electron chi connectivity index (χ3n) is 4.54. The van der Waals surface area contributed by atoms with E-state index < -0.39 is 21.3 Å². The maximum atomic E-state index is 13.2. The molecule has 3 aromatic carbocycles. The molecule has 1 aromatic heterocycles. The van der Waals surface area contributed by atoms with Gasteiger partial charge in [0.15, 0.2) is 5.76 Å². The van der Waals surface area contributed by atoms with Crippen LogP contribution in [-0.4, -0.2) is 15.0 Å². The van der Waals surface area contributed by atoms with Crippen molar-refractivity contribution in [2.75, 3.05) is 6.61 Å². The summed E-state index contributed by atoms with van der Waals surface area (Å²) in [5.41, 5.74) is 0.0723. The lowest BCUT2D eigenvalue weighted by Crippen LogP contribution is -2.17. The van der Waals surface area contributed by atoms with Gasteiger partial charge in [-0.15, -0.1) is 0 Å². The van der Waals surface area contributed by atoms with Gasteiger partial charge in [0.1, 0.15) is 16.2 Å². The van der Waals surface area contributed by atoms with Crippen LogP contribution >= 0.6 is 23.2 Å². The lowest BCUT2D eigenvalue weighted by atomic mass is 10.1. The molecule has 0 spiro atoms. The van der Waals surface area contributed by atoms with Crippen LogP contribution in [0.2, 0.25) is 10.0 Å². The van der Waals surface area contributed by atoms with E-state index in [4.69, 9.17) is 36.5 Å². The normalized spacial score (nSPS) is 11.5. The zero-order valence-corrected chi connectivity index (χ0v) is 19.0. The zero-order chi connectivity index (χ0) is 22.9. The van der Waals surface area contributed by atoms with Crippen LogP contribution in [-0.2, 0) is 10.1 Å². The summed E-state index contributed by atoms with van der Waals surface area (Å²) in [4.78, 5) is 12.9. The van der Waals surface area contributed by atoms with Crippen LogP contribution in [0.15, 0.2) is 80.8 Å². The molecule has 0 amide bonds. The number of benzene rings is 3. The van der Waals surface area contributed by atoms with Gasteiger partial charge in [-0.3, -0.25) is 4.79 Å². The fraction of sp³-hybridized carbons (Fsp3) is 0.0870. The minimum atomic E-state index is -4.51. The lowest BCUT2D eigenvalue weighted by molar-refractivity contribution is 0.340. The highest BCUT2D eigenvalue weighted by molar-refractivity contribution is 7.87. The third kappa shape index (κ3) is 4.32. The minimum Gasteiger partial charge on any atom is -0.494 e. The van der Waals surface area contributed by atoms with Crippen LogP contribution in [0.4, 0.5) is 0 Å².